The lowest BCUT2D eigenvalue weighted by molar-refractivity contribution is -0.148. The fourth-order valence-corrected chi connectivity index (χ4v) is 6.77. The van der Waals surface area contributed by atoms with Crippen LogP contribution >= 0.6 is 0 Å². The fourth-order valence-electron chi connectivity index (χ4n) is 6.77. The fraction of sp³-hybridized carbons (Fsp3) is 0.390. The van der Waals surface area contributed by atoms with Crippen LogP contribution in [0.25, 0.3) is 11.1 Å². The minimum absolute atomic E-state index is 0.0558. The number of hydrogen-bond acceptors (Lipinski definition) is 8. The summed E-state index contributed by atoms with van der Waals surface area (Å²) in [6.45, 7) is 7.94. The number of Topliss-reactive ketones (excluding diaryl/α,β-unsaturated/α-hetero) is 1. The summed E-state index contributed by atoms with van der Waals surface area (Å²) < 4.78 is 11.2. The molecule has 0 fully saturated rings. The van der Waals surface area contributed by atoms with E-state index in [1.807, 2.05) is 76.2 Å². The maximum atomic E-state index is 13.2. The summed E-state index contributed by atoms with van der Waals surface area (Å²) in [5.41, 5.74) is 6.08. The Morgan fingerprint density at radius 3 is 2.14 bits per heavy atom. The minimum atomic E-state index is -1.11. The number of carboxylic acid groups (broad SMARTS) is 1. The SMILES string of the molecule is CC(C)CC(=Nc1ccc(COC(=O)[C@H](CCCC(=O)O)NC(=O)OCC2c3ccccc3-c3ccccc32)cc1)C1=C(O)CC(C)(C)CC1=O. The van der Waals surface area contributed by atoms with Gasteiger partial charge in [-0.25, -0.2) is 9.59 Å². The number of aliphatic hydroxyl groups is 1. The van der Waals surface area contributed by atoms with E-state index in [9.17, 15) is 24.3 Å². The number of allylic oxidation sites excluding steroid dienone is 2. The topological polar surface area (TPSA) is 152 Å². The number of esters is 1. The number of aliphatic imine (C=N–C) groups is 1. The van der Waals surface area contributed by atoms with Crippen molar-refractivity contribution >= 4 is 35.2 Å². The zero-order valence-electron chi connectivity index (χ0n) is 29.6. The first-order chi connectivity index (χ1) is 24.3. The molecule has 3 aromatic rings. The van der Waals surface area contributed by atoms with Crippen molar-refractivity contribution < 1.29 is 38.9 Å². The van der Waals surface area contributed by atoms with E-state index in [0.29, 0.717) is 41.8 Å². The van der Waals surface area contributed by atoms with Crippen LogP contribution in [0, 0.1) is 11.3 Å². The van der Waals surface area contributed by atoms with Gasteiger partial charge in [0.25, 0.3) is 0 Å². The Morgan fingerprint density at radius 1 is 0.922 bits per heavy atom. The lowest BCUT2D eigenvalue weighted by Crippen LogP contribution is -2.42. The summed E-state index contributed by atoms with van der Waals surface area (Å²) in [7, 11) is 0. The van der Waals surface area contributed by atoms with E-state index in [0.717, 1.165) is 22.3 Å². The largest absolute Gasteiger partial charge is 0.511 e. The van der Waals surface area contributed by atoms with Crippen molar-refractivity contribution in [1.29, 1.82) is 0 Å². The summed E-state index contributed by atoms with van der Waals surface area (Å²) in [6.07, 6.45) is 0.496. The first kappa shape index (κ1) is 37.0. The zero-order chi connectivity index (χ0) is 36.7. The monoisotopic (exact) mass is 694 g/mol. The summed E-state index contributed by atoms with van der Waals surface area (Å²) in [5, 5.41) is 22.5. The molecule has 0 saturated carbocycles. The lowest BCUT2D eigenvalue weighted by Gasteiger charge is -2.30. The molecule has 0 aliphatic heterocycles. The standard InChI is InChI=1S/C41H46N2O8/c1-25(2)20-34(38-35(44)21-41(3,4)22-36(38)45)42-27-18-16-26(17-19-27)23-50-39(48)33(14-9-15-37(46)47)43-40(49)51-24-32-30-12-7-5-10-28(30)29-11-6-8-13-31(29)32/h5-8,10-13,16-19,25,32-33,44H,9,14-15,20-24H2,1-4H3,(H,43,49)(H,46,47)/t33-/m0/s1. The van der Waals surface area contributed by atoms with E-state index in [-0.39, 0.29) is 61.3 Å². The molecular weight excluding hydrogens is 648 g/mol. The zero-order valence-corrected chi connectivity index (χ0v) is 29.6. The molecule has 0 unspecified atom stereocenters. The van der Waals surface area contributed by atoms with Crippen molar-refractivity contribution in [2.24, 2.45) is 16.3 Å². The summed E-state index contributed by atoms with van der Waals surface area (Å²) >= 11 is 0. The second-order valence-electron chi connectivity index (χ2n) is 14.5. The number of nitrogens with zero attached hydrogens (tertiary/aromatic N) is 1. The van der Waals surface area contributed by atoms with Gasteiger partial charge >= 0.3 is 18.0 Å². The Morgan fingerprint density at radius 2 is 1.55 bits per heavy atom. The third-order valence-electron chi connectivity index (χ3n) is 9.13. The van der Waals surface area contributed by atoms with Gasteiger partial charge in [0.15, 0.2) is 5.78 Å². The smallest absolute Gasteiger partial charge is 0.407 e. The number of hydrogen-bond donors (Lipinski definition) is 3. The molecule has 51 heavy (non-hydrogen) atoms. The van der Waals surface area contributed by atoms with Crippen molar-refractivity contribution in [2.45, 2.75) is 84.8 Å². The van der Waals surface area contributed by atoms with Gasteiger partial charge in [-0.1, -0.05) is 88.4 Å². The number of benzene rings is 3. The Labute approximate surface area is 298 Å². The van der Waals surface area contributed by atoms with Crippen LogP contribution in [0.1, 0.15) is 88.8 Å². The molecule has 0 aromatic heterocycles. The number of aliphatic hydroxyl groups excluding tert-OH is 1. The third kappa shape index (κ3) is 9.51. The van der Waals surface area contributed by atoms with Crippen LogP contribution in [-0.4, -0.2) is 52.4 Å². The second-order valence-corrected chi connectivity index (χ2v) is 14.5. The number of aliphatic carboxylic acids is 1. The molecule has 3 aromatic carbocycles. The molecule has 5 rings (SSSR count). The average Bonchev–Trinajstić information content (AvgIpc) is 3.38. The minimum Gasteiger partial charge on any atom is -0.511 e. The summed E-state index contributed by atoms with van der Waals surface area (Å²) in [5.74, 6) is -1.72. The highest BCUT2D eigenvalue weighted by Crippen LogP contribution is 2.44. The molecule has 10 heteroatoms. The van der Waals surface area contributed by atoms with Crippen LogP contribution < -0.4 is 5.32 Å². The quantitative estimate of drug-likeness (QED) is 0.113. The third-order valence-corrected chi connectivity index (χ3v) is 9.13. The molecule has 10 nitrogen and oxygen atoms in total. The van der Waals surface area contributed by atoms with Crippen molar-refractivity contribution in [1.82, 2.24) is 5.32 Å². The summed E-state index contributed by atoms with van der Waals surface area (Å²) in [6, 6.07) is 21.8. The van der Waals surface area contributed by atoms with Crippen molar-refractivity contribution in [3.8, 4) is 11.1 Å². The van der Waals surface area contributed by atoms with Gasteiger partial charge in [-0.05, 0) is 70.5 Å². The van der Waals surface area contributed by atoms with Gasteiger partial charge in [-0.3, -0.25) is 14.6 Å². The predicted molar refractivity (Wildman–Crippen MR) is 194 cm³/mol. The van der Waals surface area contributed by atoms with Crippen LogP contribution in [0.15, 0.2) is 89.1 Å². The van der Waals surface area contributed by atoms with Gasteiger partial charge < -0.3 is 25.0 Å². The van der Waals surface area contributed by atoms with E-state index in [1.165, 1.54) is 0 Å². The maximum Gasteiger partial charge on any atom is 0.407 e. The predicted octanol–water partition coefficient (Wildman–Crippen LogP) is 8.21. The molecule has 0 bridgehead atoms. The molecule has 1 amide bonds. The van der Waals surface area contributed by atoms with Crippen molar-refractivity contribution in [3.05, 3.63) is 101 Å². The second kappa shape index (κ2) is 16.2. The Kier molecular flexibility index (Phi) is 11.7. The van der Waals surface area contributed by atoms with Crippen LogP contribution in [0.5, 0.6) is 0 Å². The Bertz CT molecular complexity index is 1790. The number of carbonyl (C=O) groups is 4. The van der Waals surface area contributed by atoms with Gasteiger partial charge in [-0.2, -0.15) is 0 Å². The molecule has 0 spiro atoms. The van der Waals surface area contributed by atoms with Gasteiger partial charge in [0.1, 0.15) is 25.0 Å². The highest BCUT2D eigenvalue weighted by Gasteiger charge is 2.35. The number of ketones is 1. The van der Waals surface area contributed by atoms with E-state index in [4.69, 9.17) is 19.6 Å². The molecule has 3 N–H and O–H groups in total. The molecule has 1 atom stereocenters. The average molecular weight is 695 g/mol. The number of ether oxygens (including phenoxy) is 2. The number of amides is 1. The van der Waals surface area contributed by atoms with Gasteiger partial charge in [-0.15, -0.1) is 0 Å². The number of carboxylic acids is 1. The molecule has 0 radical (unpaired) electrons. The van der Waals surface area contributed by atoms with E-state index >= 15 is 0 Å². The van der Waals surface area contributed by atoms with Gasteiger partial charge in [0.2, 0.25) is 0 Å². The number of alkyl carbamates (subject to hydrolysis) is 1. The number of rotatable bonds is 14. The van der Waals surface area contributed by atoms with Crippen LogP contribution in [0.3, 0.4) is 0 Å². The van der Waals surface area contributed by atoms with Crippen LogP contribution in [0.4, 0.5) is 10.5 Å². The first-order valence-electron chi connectivity index (χ1n) is 17.4. The van der Waals surface area contributed by atoms with E-state index in [2.05, 4.69) is 5.32 Å². The molecule has 2 aliphatic carbocycles. The Balaban J connectivity index is 1.22. The molecular formula is C41H46N2O8. The molecule has 2 aliphatic rings. The molecule has 268 valence electrons. The highest BCUT2D eigenvalue weighted by atomic mass is 16.6. The molecule has 0 heterocycles. The van der Waals surface area contributed by atoms with Crippen LogP contribution in [0.2, 0.25) is 0 Å². The van der Waals surface area contributed by atoms with Gasteiger partial charge in [0, 0.05) is 25.2 Å². The van der Waals surface area contributed by atoms with Crippen molar-refractivity contribution in [2.75, 3.05) is 6.61 Å². The van der Waals surface area contributed by atoms with Crippen molar-refractivity contribution in [3.63, 3.8) is 0 Å². The number of carbonyl (C=O) groups excluding carboxylic acids is 3. The highest BCUT2D eigenvalue weighted by molar-refractivity contribution is 6.23. The number of fused-ring (bicyclic) bond motifs is 3. The summed E-state index contributed by atoms with van der Waals surface area (Å²) in [4.78, 5) is 55.1. The molecule has 0 saturated heterocycles. The van der Waals surface area contributed by atoms with E-state index < -0.39 is 24.1 Å². The number of nitrogens with one attached hydrogen (secondary N) is 1. The van der Waals surface area contributed by atoms with Gasteiger partial charge in [0.05, 0.1) is 17.0 Å². The van der Waals surface area contributed by atoms with E-state index in [1.54, 1.807) is 24.3 Å². The van der Waals surface area contributed by atoms with Crippen LogP contribution in [-0.2, 0) is 30.5 Å². The maximum absolute atomic E-state index is 13.2. The first-order valence-corrected chi connectivity index (χ1v) is 17.4. The normalized spacial score (nSPS) is 16.0. The Hall–Kier alpha value is -5.25. The lowest BCUT2D eigenvalue weighted by atomic mass is 9.75.